The van der Waals surface area contributed by atoms with Crippen molar-refractivity contribution >= 4 is 23.9 Å². The van der Waals surface area contributed by atoms with Gasteiger partial charge in [-0.15, -0.1) is 0 Å². The molecule has 1 saturated carbocycles. The number of carbonyl (C=O) groups is 4. The molecule has 1 N–H and O–H groups in total. The van der Waals surface area contributed by atoms with E-state index in [1.165, 1.54) is 0 Å². The zero-order valence-electron chi connectivity index (χ0n) is 19.4. The van der Waals surface area contributed by atoms with Crippen molar-refractivity contribution in [2.45, 2.75) is 59.4 Å². The minimum atomic E-state index is -0.905. The molecule has 1 spiro atoms. The molecule has 31 heavy (non-hydrogen) atoms. The summed E-state index contributed by atoms with van der Waals surface area (Å²) in [6.07, 6.45) is 1.81. The summed E-state index contributed by atoms with van der Waals surface area (Å²) in [7, 11) is 0. The van der Waals surface area contributed by atoms with Crippen molar-refractivity contribution in [2.24, 2.45) is 17.3 Å². The van der Waals surface area contributed by atoms with E-state index in [2.05, 4.69) is 26.1 Å². The third-order valence-corrected chi connectivity index (χ3v) is 6.35. The van der Waals surface area contributed by atoms with Gasteiger partial charge in [-0.3, -0.25) is 14.5 Å². The fraction of sp³-hybridized carbons (Fsp3) is 0.818. The molecular formula is C22H36N4O5. The second-order valence-electron chi connectivity index (χ2n) is 10.6. The summed E-state index contributed by atoms with van der Waals surface area (Å²) in [5, 5.41) is 2.91. The predicted molar refractivity (Wildman–Crippen MR) is 114 cm³/mol. The van der Waals surface area contributed by atoms with Crippen LogP contribution in [0.1, 0.15) is 53.9 Å². The van der Waals surface area contributed by atoms with E-state index in [4.69, 9.17) is 4.74 Å². The lowest BCUT2D eigenvalue weighted by molar-refractivity contribution is -0.141. The molecule has 5 amide bonds. The normalized spacial score (nSPS) is 28.3. The number of amides is 5. The molecule has 174 valence electrons. The second-order valence-corrected chi connectivity index (χ2v) is 10.6. The number of urea groups is 1. The maximum Gasteiger partial charge on any atom is 0.409 e. The van der Waals surface area contributed by atoms with Gasteiger partial charge in [0, 0.05) is 26.2 Å². The monoisotopic (exact) mass is 436 g/mol. The van der Waals surface area contributed by atoms with Gasteiger partial charge in [-0.1, -0.05) is 34.6 Å². The Morgan fingerprint density at radius 3 is 2.29 bits per heavy atom. The largest absolute Gasteiger partial charge is 0.449 e. The molecule has 2 saturated heterocycles. The van der Waals surface area contributed by atoms with Gasteiger partial charge in [-0.25, -0.2) is 9.59 Å². The van der Waals surface area contributed by atoms with E-state index in [-0.39, 0.29) is 35.8 Å². The van der Waals surface area contributed by atoms with Crippen molar-refractivity contribution in [3.8, 4) is 0 Å². The molecule has 0 aromatic heterocycles. The van der Waals surface area contributed by atoms with Crippen LogP contribution in [0.5, 0.6) is 0 Å². The van der Waals surface area contributed by atoms with E-state index < -0.39 is 11.6 Å². The molecule has 2 heterocycles. The van der Waals surface area contributed by atoms with Crippen molar-refractivity contribution in [1.82, 2.24) is 20.0 Å². The number of nitrogens with zero attached hydrogens (tertiary/aromatic N) is 3. The Labute approximate surface area is 184 Å². The van der Waals surface area contributed by atoms with Gasteiger partial charge >= 0.3 is 12.1 Å². The summed E-state index contributed by atoms with van der Waals surface area (Å²) in [5.41, 5.74) is -0.960. The molecular weight excluding hydrogens is 400 g/mol. The fourth-order valence-electron chi connectivity index (χ4n) is 5.35. The highest BCUT2D eigenvalue weighted by Crippen LogP contribution is 2.46. The second kappa shape index (κ2) is 8.67. The van der Waals surface area contributed by atoms with Gasteiger partial charge in [0.25, 0.3) is 5.91 Å². The molecule has 2 unspecified atom stereocenters. The number of imide groups is 1. The summed E-state index contributed by atoms with van der Waals surface area (Å²) in [6, 6.07) is -0.487. The van der Waals surface area contributed by atoms with Crippen molar-refractivity contribution in [3.63, 3.8) is 0 Å². The van der Waals surface area contributed by atoms with E-state index in [0.29, 0.717) is 51.5 Å². The molecule has 3 aliphatic rings. The van der Waals surface area contributed by atoms with Crippen LogP contribution in [0.3, 0.4) is 0 Å². The average Bonchev–Trinajstić information content (AvgIpc) is 2.87. The maximum atomic E-state index is 13.2. The van der Waals surface area contributed by atoms with Crippen molar-refractivity contribution < 1.29 is 23.9 Å². The van der Waals surface area contributed by atoms with E-state index in [1.54, 1.807) is 9.80 Å². The minimum Gasteiger partial charge on any atom is -0.449 e. The topological polar surface area (TPSA) is 99.3 Å². The van der Waals surface area contributed by atoms with Crippen LogP contribution in [-0.4, -0.2) is 83.5 Å². The summed E-state index contributed by atoms with van der Waals surface area (Å²) in [5.74, 6) is 0.00408. The van der Waals surface area contributed by atoms with Crippen LogP contribution in [0.15, 0.2) is 0 Å². The Balaban J connectivity index is 1.56. The lowest BCUT2D eigenvalue weighted by atomic mass is 9.64. The lowest BCUT2D eigenvalue weighted by Gasteiger charge is -2.43. The standard InChI is InChI=1S/C22H36N4O5/c1-15(2)13-31-20(30)25-8-6-24(7-9-25)17(27)12-26-18(28)22(23-19(26)29)11-16(3)10-21(4,5)14-22/h15-16H,6-14H2,1-5H3,(H,23,29). The number of hydrogen-bond acceptors (Lipinski definition) is 5. The molecule has 9 nitrogen and oxygen atoms in total. The number of carbonyl (C=O) groups excluding carboxylic acids is 4. The van der Waals surface area contributed by atoms with Gasteiger partial charge in [0.2, 0.25) is 5.91 Å². The van der Waals surface area contributed by atoms with E-state index in [1.807, 2.05) is 13.8 Å². The molecule has 0 bridgehead atoms. The highest BCUT2D eigenvalue weighted by molar-refractivity contribution is 6.09. The molecule has 9 heteroatoms. The highest BCUT2D eigenvalue weighted by Gasteiger charge is 2.56. The summed E-state index contributed by atoms with van der Waals surface area (Å²) >= 11 is 0. The molecule has 2 atom stereocenters. The number of nitrogens with one attached hydrogen (secondary N) is 1. The Morgan fingerprint density at radius 1 is 1.10 bits per heavy atom. The molecule has 3 rings (SSSR count). The van der Waals surface area contributed by atoms with E-state index >= 15 is 0 Å². The van der Waals surface area contributed by atoms with Gasteiger partial charge in [0.15, 0.2) is 0 Å². The SMILES string of the molecule is CC(C)COC(=O)N1CCN(C(=O)CN2C(=O)NC3(CC(C)CC(C)(C)C3)C2=O)CC1. The Morgan fingerprint density at radius 2 is 1.71 bits per heavy atom. The van der Waals surface area contributed by atoms with Crippen LogP contribution in [-0.2, 0) is 14.3 Å². The first kappa shape index (κ1) is 23.3. The van der Waals surface area contributed by atoms with Crippen molar-refractivity contribution in [1.29, 1.82) is 0 Å². The van der Waals surface area contributed by atoms with Gasteiger partial charge in [0.05, 0.1) is 6.61 Å². The summed E-state index contributed by atoms with van der Waals surface area (Å²) in [6.45, 7) is 11.8. The van der Waals surface area contributed by atoms with Crippen molar-refractivity contribution in [2.75, 3.05) is 39.3 Å². The number of piperazine rings is 1. The first-order valence-electron chi connectivity index (χ1n) is 11.3. The zero-order valence-corrected chi connectivity index (χ0v) is 19.4. The summed E-state index contributed by atoms with van der Waals surface area (Å²) in [4.78, 5) is 55.0. The third kappa shape index (κ3) is 5.13. The smallest absolute Gasteiger partial charge is 0.409 e. The minimum absolute atomic E-state index is 0.0544. The van der Waals surface area contributed by atoms with Crippen LogP contribution < -0.4 is 5.32 Å². The predicted octanol–water partition coefficient (Wildman–Crippen LogP) is 2.06. The number of hydrogen-bond donors (Lipinski definition) is 1. The molecule has 3 fully saturated rings. The summed E-state index contributed by atoms with van der Waals surface area (Å²) < 4.78 is 5.24. The van der Waals surface area contributed by atoms with Gasteiger partial charge < -0.3 is 19.9 Å². The molecule has 0 aromatic carbocycles. The Bertz CT molecular complexity index is 744. The van der Waals surface area contributed by atoms with Gasteiger partial charge in [-0.05, 0) is 36.5 Å². The maximum absolute atomic E-state index is 13.2. The van der Waals surface area contributed by atoms with Crippen LogP contribution >= 0.6 is 0 Å². The van der Waals surface area contributed by atoms with Crippen LogP contribution in [0.2, 0.25) is 0 Å². The molecule has 2 aliphatic heterocycles. The molecule has 0 radical (unpaired) electrons. The fourth-order valence-corrected chi connectivity index (χ4v) is 5.35. The first-order chi connectivity index (χ1) is 14.4. The zero-order chi connectivity index (χ0) is 23.0. The van der Waals surface area contributed by atoms with Gasteiger partial charge in [0.1, 0.15) is 12.1 Å². The third-order valence-electron chi connectivity index (χ3n) is 6.35. The van der Waals surface area contributed by atoms with Crippen LogP contribution in [0, 0.1) is 17.3 Å². The van der Waals surface area contributed by atoms with Gasteiger partial charge in [-0.2, -0.15) is 0 Å². The van der Waals surface area contributed by atoms with Crippen molar-refractivity contribution in [3.05, 3.63) is 0 Å². The molecule has 0 aromatic rings. The van der Waals surface area contributed by atoms with Crippen LogP contribution in [0.25, 0.3) is 0 Å². The van der Waals surface area contributed by atoms with E-state index in [0.717, 1.165) is 11.3 Å². The quantitative estimate of drug-likeness (QED) is 0.680. The van der Waals surface area contributed by atoms with Crippen LogP contribution in [0.4, 0.5) is 9.59 Å². The number of rotatable bonds is 4. The average molecular weight is 437 g/mol. The number of ether oxygens (including phenoxy) is 1. The Hall–Kier alpha value is -2.32. The first-order valence-corrected chi connectivity index (χ1v) is 11.3. The highest BCUT2D eigenvalue weighted by atomic mass is 16.6. The van der Waals surface area contributed by atoms with E-state index in [9.17, 15) is 19.2 Å². The Kier molecular flexibility index (Phi) is 6.53. The molecule has 1 aliphatic carbocycles. The lowest BCUT2D eigenvalue weighted by Crippen LogP contribution is -2.55.